The molecule has 2 aromatic rings. The zero-order chi connectivity index (χ0) is 18.6. The summed E-state index contributed by atoms with van der Waals surface area (Å²) in [6.07, 6.45) is 0. The number of nitrogens with zero attached hydrogens (tertiary/aromatic N) is 3. The average molecular weight is 447 g/mol. The van der Waals surface area contributed by atoms with Gasteiger partial charge in [0.1, 0.15) is 0 Å². The Hall–Kier alpha value is -2.47. The second-order valence-electron chi connectivity index (χ2n) is 4.24. The number of thiophene rings is 2. The van der Waals surface area contributed by atoms with Crippen LogP contribution in [0.5, 0.6) is 0 Å². The Labute approximate surface area is 154 Å². The first-order valence-corrected chi connectivity index (χ1v) is 10.6. The van der Waals surface area contributed by atoms with Crippen LogP contribution in [0.1, 0.15) is 20.7 Å². The fourth-order valence-corrected chi connectivity index (χ4v) is 3.70. The van der Waals surface area contributed by atoms with Gasteiger partial charge >= 0.3 is 154 Å². The maximum atomic E-state index is 12.1. The second kappa shape index (κ2) is 8.07. The summed E-state index contributed by atoms with van der Waals surface area (Å²) in [5.41, 5.74) is 0.145. The molecule has 0 unspecified atom stereocenters. The van der Waals surface area contributed by atoms with Crippen molar-refractivity contribution in [3.05, 3.63) is 54.2 Å². The van der Waals surface area contributed by atoms with E-state index in [0.29, 0.717) is 0 Å². The Morgan fingerprint density at radius 1 is 1.08 bits per heavy atom. The van der Waals surface area contributed by atoms with Gasteiger partial charge in [-0.3, -0.25) is 0 Å². The summed E-state index contributed by atoms with van der Waals surface area (Å²) >= 11 is 1.26. The quantitative estimate of drug-likeness (QED) is 0.245. The number of nitro groups is 2. The molecule has 130 valence electrons. The van der Waals surface area contributed by atoms with Crippen molar-refractivity contribution in [3.63, 3.8) is 0 Å². The number of amides is 2. The van der Waals surface area contributed by atoms with E-state index in [2.05, 4.69) is 10.3 Å². The molecular weight excluding hydrogens is 439 g/mol. The molecule has 0 atom stereocenters. The number of aliphatic imine (C=N–C) groups is 1. The molecule has 13 heteroatoms. The first-order valence-electron chi connectivity index (χ1n) is 6.26. The third-order valence-corrected chi connectivity index (χ3v) is 5.63. The number of rotatable bonds is 5. The van der Waals surface area contributed by atoms with Gasteiger partial charge in [0.2, 0.25) is 0 Å². The summed E-state index contributed by atoms with van der Waals surface area (Å²) in [4.78, 5) is 47.9. The van der Waals surface area contributed by atoms with Crippen LogP contribution in [0.4, 0.5) is 10.0 Å². The zero-order valence-corrected chi connectivity index (χ0v) is 15.7. The van der Waals surface area contributed by atoms with E-state index < -0.39 is 21.7 Å². The van der Waals surface area contributed by atoms with Crippen molar-refractivity contribution in [2.24, 2.45) is 4.99 Å². The van der Waals surface area contributed by atoms with Crippen LogP contribution in [-0.2, 0) is 0 Å². The summed E-state index contributed by atoms with van der Waals surface area (Å²) in [6.45, 7) is 0. The average Bonchev–Trinajstić information content (AvgIpc) is 3.23. The number of carbonyl (C=O) groups excluding carboxylic acids is 2. The van der Waals surface area contributed by atoms with Crippen molar-refractivity contribution < 1.29 is 19.4 Å². The van der Waals surface area contributed by atoms with Crippen LogP contribution >= 0.6 is 22.7 Å². The van der Waals surface area contributed by atoms with E-state index in [4.69, 9.17) is 0 Å². The number of nitrogens with one attached hydrogen (secondary N) is 1. The van der Waals surface area contributed by atoms with Crippen molar-refractivity contribution in [3.8, 4) is 0 Å². The van der Waals surface area contributed by atoms with Gasteiger partial charge in [-0.15, -0.1) is 0 Å². The van der Waals surface area contributed by atoms with Crippen LogP contribution in [0.3, 0.4) is 0 Å². The normalized spacial score (nSPS) is 11.2. The van der Waals surface area contributed by atoms with Crippen molar-refractivity contribution in [1.29, 1.82) is 0 Å². The molecule has 0 bridgehead atoms. The van der Waals surface area contributed by atoms with Crippen LogP contribution in [0.25, 0.3) is 0 Å². The fourth-order valence-electron chi connectivity index (χ4n) is 1.52. The van der Waals surface area contributed by atoms with Crippen LogP contribution < -0.4 is 5.32 Å². The predicted octanol–water partition coefficient (Wildman–Crippen LogP) is 2.30. The molecule has 0 aliphatic carbocycles. The topological polar surface area (TPSA) is 145 Å². The SMILES string of the molecule is C[Se]C(=NC(=O)c1csc([N+](=O)[O-])c1)NC(=O)c1csc([N+](=O)[O-])c1. The van der Waals surface area contributed by atoms with Crippen molar-refractivity contribution >= 4 is 64.2 Å². The minimum absolute atomic E-state index is 0.0545. The number of hydrogen-bond donors (Lipinski definition) is 1. The van der Waals surface area contributed by atoms with Gasteiger partial charge in [0.15, 0.2) is 0 Å². The number of amidine groups is 1. The molecule has 0 aliphatic rings. The van der Waals surface area contributed by atoms with Crippen molar-refractivity contribution in [2.75, 3.05) is 0 Å². The molecule has 0 spiro atoms. The Morgan fingerprint density at radius 3 is 2.08 bits per heavy atom. The Morgan fingerprint density at radius 2 is 1.60 bits per heavy atom. The van der Waals surface area contributed by atoms with E-state index in [9.17, 15) is 29.8 Å². The number of carbonyl (C=O) groups is 2. The van der Waals surface area contributed by atoms with Gasteiger partial charge in [-0.2, -0.15) is 0 Å². The standard InChI is InChI=1S/C12H8N4O6S2Se/c1-25-12(13-10(17)6-2-8(15(19)20)23-4-6)14-11(18)7-3-9(16(21)22)24-5-7/h2-5H,1H3,(H,13,14,17,18). The molecule has 0 saturated carbocycles. The molecule has 2 heterocycles. The van der Waals surface area contributed by atoms with Gasteiger partial charge < -0.3 is 0 Å². The molecule has 10 nitrogen and oxygen atoms in total. The molecule has 2 aromatic heterocycles. The number of hydrogen-bond acceptors (Lipinski definition) is 8. The van der Waals surface area contributed by atoms with Gasteiger partial charge in [-0.25, -0.2) is 0 Å². The molecule has 0 radical (unpaired) electrons. The Bertz CT molecular complexity index is 890. The molecule has 0 saturated heterocycles. The van der Waals surface area contributed by atoms with Crippen molar-refractivity contribution in [2.45, 2.75) is 5.82 Å². The molecule has 0 aromatic carbocycles. The summed E-state index contributed by atoms with van der Waals surface area (Å²) in [5, 5.41) is 26.0. The monoisotopic (exact) mass is 448 g/mol. The van der Waals surface area contributed by atoms with Crippen LogP contribution in [0.2, 0.25) is 5.82 Å². The van der Waals surface area contributed by atoms with Crippen molar-refractivity contribution in [1.82, 2.24) is 5.32 Å². The summed E-state index contributed by atoms with van der Waals surface area (Å²) in [5.74, 6) is 0.390. The summed E-state index contributed by atoms with van der Waals surface area (Å²) in [7, 11) is 0. The first kappa shape index (κ1) is 18.9. The Kier molecular flexibility index (Phi) is 6.09. The zero-order valence-electron chi connectivity index (χ0n) is 12.3. The molecular formula is C12H8N4O6S2Se. The van der Waals surface area contributed by atoms with Crippen LogP contribution in [0, 0.1) is 20.2 Å². The van der Waals surface area contributed by atoms with E-state index in [0.717, 1.165) is 34.8 Å². The van der Waals surface area contributed by atoms with Gasteiger partial charge in [0.05, 0.1) is 0 Å². The van der Waals surface area contributed by atoms with E-state index >= 15 is 0 Å². The molecule has 2 amide bonds. The third kappa shape index (κ3) is 4.76. The predicted molar refractivity (Wildman–Crippen MR) is 92.8 cm³/mol. The molecule has 25 heavy (non-hydrogen) atoms. The first-order chi connectivity index (χ1) is 11.8. The van der Waals surface area contributed by atoms with E-state index in [1.165, 1.54) is 10.8 Å². The molecule has 0 fully saturated rings. The van der Waals surface area contributed by atoms with Gasteiger partial charge in [0.25, 0.3) is 0 Å². The van der Waals surface area contributed by atoms with Gasteiger partial charge in [-0.05, 0) is 0 Å². The maximum absolute atomic E-state index is 12.1. The summed E-state index contributed by atoms with van der Waals surface area (Å²) < 4.78 is 0.116. The van der Waals surface area contributed by atoms with E-state index in [1.807, 2.05) is 0 Å². The Balaban J connectivity index is 2.12. The molecule has 1 N–H and O–H groups in total. The molecule has 0 aliphatic heterocycles. The third-order valence-electron chi connectivity index (χ3n) is 2.66. The minimum atomic E-state index is -0.709. The van der Waals surface area contributed by atoms with E-state index in [1.54, 1.807) is 5.82 Å². The molecule has 2 rings (SSSR count). The van der Waals surface area contributed by atoms with E-state index in [-0.39, 0.29) is 40.8 Å². The second-order valence-corrected chi connectivity index (χ2v) is 7.69. The van der Waals surface area contributed by atoms with Crippen LogP contribution in [0.15, 0.2) is 27.9 Å². The summed E-state index contributed by atoms with van der Waals surface area (Å²) in [6, 6.07) is 2.24. The van der Waals surface area contributed by atoms with Gasteiger partial charge in [0, 0.05) is 0 Å². The van der Waals surface area contributed by atoms with Crippen LogP contribution in [-0.4, -0.2) is 41.4 Å². The fraction of sp³-hybridized carbons (Fsp3) is 0.0833. The van der Waals surface area contributed by atoms with Gasteiger partial charge in [-0.1, -0.05) is 0 Å².